The molecule has 9 heteroatoms. The van der Waals surface area contributed by atoms with E-state index in [0.29, 0.717) is 21.8 Å². The van der Waals surface area contributed by atoms with Gasteiger partial charge in [-0.3, -0.25) is 24.6 Å². The normalized spacial score (nSPS) is 30.3. The number of imide groups is 1. The highest BCUT2D eigenvalue weighted by Gasteiger charge is 2.40. The number of benzene rings is 2. The Morgan fingerprint density at radius 3 is 2.76 bits per heavy atom. The average molecular weight is 476 g/mol. The van der Waals surface area contributed by atoms with Gasteiger partial charge in [-0.25, -0.2) is 4.39 Å². The Balaban J connectivity index is 1.31. The van der Waals surface area contributed by atoms with Crippen LogP contribution in [0.25, 0.3) is 0 Å². The van der Waals surface area contributed by atoms with Crippen molar-refractivity contribution in [1.82, 2.24) is 15.1 Å². The summed E-state index contributed by atoms with van der Waals surface area (Å²) in [5, 5.41) is 2.24. The minimum absolute atomic E-state index is 0.0450. The number of morpholine rings is 1. The van der Waals surface area contributed by atoms with Crippen molar-refractivity contribution in [1.29, 1.82) is 0 Å². The van der Waals surface area contributed by atoms with Crippen LogP contribution < -0.4 is 10.1 Å². The monoisotopic (exact) mass is 475 g/mol. The largest absolute Gasteiger partial charge is 0.488 e. The zero-order chi connectivity index (χ0) is 30.8. The summed E-state index contributed by atoms with van der Waals surface area (Å²) in [7, 11) is 0. The van der Waals surface area contributed by atoms with E-state index >= 15 is 4.39 Å². The molecule has 8 nitrogen and oxygen atoms in total. The Labute approximate surface area is 207 Å². The van der Waals surface area contributed by atoms with E-state index in [0.717, 1.165) is 6.07 Å². The molecule has 34 heavy (non-hydrogen) atoms. The third-order valence-corrected chi connectivity index (χ3v) is 5.84. The summed E-state index contributed by atoms with van der Waals surface area (Å²) < 4.78 is 89.1. The number of carbonyl (C=O) groups excluding carboxylic acids is 3. The molecule has 0 bridgehead atoms. The minimum Gasteiger partial charge on any atom is -0.488 e. The van der Waals surface area contributed by atoms with Crippen molar-refractivity contribution in [3.63, 3.8) is 0 Å². The highest BCUT2D eigenvalue weighted by molar-refractivity contribution is 6.05. The molecule has 0 radical (unpaired) electrons. The number of hydrogen-bond donors (Lipinski definition) is 1. The number of amides is 3. The summed E-state index contributed by atoms with van der Waals surface area (Å²) in [6, 6.07) is 7.63. The molecule has 2 aromatic rings. The van der Waals surface area contributed by atoms with Gasteiger partial charge in [0, 0.05) is 48.1 Å². The van der Waals surface area contributed by atoms with E-state index in [4.69, 9.17) is 15.7 Å². The second-order valence-corrected chi connectivity index (χ2v) is 8.01. The van der Waals surface area contributed by atoms with Crippen LogP contribution in [-0.2, 0) is 34.0 Å². The Morgan fingerprint density at radius 2 is 2.00 bits per heavy atom. The first-order valence-corrected chi connectivity index (χ1v) is 10.6. The molecule has 0 unspecified atom stereocenters. The van der Waals surface area contributed by atoms with E-state index in [-0.39, 0.29) is 37.1 Å². The van der Waals surface area contributed by atoms with Crippen LogP contribution in [0.15, 0.2) is 36.4 Å². The van der Waals surface area contributed by atoms with Gasteiger partial charge < -0.3 is 14.4 Å². The van der Waals surface area contributed by atoms with Crippen LogP contribution in [-0.4, -0.2) is 59.7 Å². The van der Waals surface area contributed by atoms with Crippen LogP contribution in [0, 0.1) is 5.82 Å². The predicted molar refractivity (Wildman–Crippen MR) is 119 cm³/mol. The van der Waals surface area contributed by atoms with Crippen molar-refractivity contribution < 1.29 is 39.2 Å². The summed E-state index contributed by atoms with van der Waals surface area (Å²) in [6.07, 6.45) is 0.302. The smallest absolute Gasteiger partial charge is 0.255 e. The maximum atomic E-state index is 15.1. The second-order valence-electron chi connectivity index (χ2n) is 8.01. The fourth-order valence-electron chi connectivity index (χ4n) is 4.13. The fourth-order valence-corrected chi connectivity index (χ4v) is 4.13. The molecule has 0 spiro atoms. The van der Waals surface area contributed by atoms with Crippen molar-refractivity contribution in [2.45, 2.75) is 38.6 Å². The van der Waals surface area contributed by atoms with Gasteiger partial charge in [-0.05, 0) is 30.2 Å². The van der Waals surface area contributed by atoms with Gasteiger partial charge in [-0.15, -0.1) is 0 Å². The van der Waals surface area contributed by atoms with Crippen molar-refractivity contribution in [2.75, 3.05) is 26.1 Å². The molecule has 5 rings (SSSR count). The number of hydrogen-bond acceptors (Lipinski definition) is 6. The van der Waals surface area contributed by atoms with Crippen LogP contribution in [0.5, 0.6) is 5.75 Å². The maximum absolute atomic E-state index is 15.1. The van der Waals surface area contributed by atoms with Crippen molar-refractivity contribution in [2.24, 2.45) is 0 Å². The molecule has 3 aliphatic rings. The highest BCUT2D eigenvalue weighted by atomic mass is 19.1. The number of halogens is 1. The van der Waals surface area contributed by atoms with E-state index < -0.39 is 62.2 Å². The van der Waals surface area contributed by atoms with E-state index in [9.17, 15) is 14.4 Å². The number of fused-ring (bicyclic) bond motifs is 1. The number of nitrogens with zero attached hydrogens (tertiary/aromatic N) is 2. The molecule has 0 aliphatic carbocycles. The molecule has 2 aromatic carbocycles. The van der Waals surface area contributed by atoms with Gasteiger partial charge in [0.05, 0.1) is 25.1 Å². The average Bonchev–Trinajstić information content (AvgIpc) is 3.22. The quantitative estimate of drug-likeness (QED) is 0.643. The zero-order valence-corrected chi connectivity index (χ0v) is 17.9. The summed E-state index contributed by atoms with van der Waals surface area (Å²) in [4.78, 5) is 38.5. The lowest BCUT2D eigenvalue weighted by Gasteiger charge is -2.29. The van der Waals surface area contributed by atoms with Gasteiger partial charge in [0.1, 0.15) is 24.2 Å². The number of piperidine rings is 1. The van der Waals surface area contributed by atoms with E-state index in [2.05, 4.69) is 10.1 Å². The van der Waals surface area contributed by atoms with Gasteiger partial charge in [-0.1, -0.05) is 18.2 Å². The molecule has 0 saturated carbocycles. The predicted octanol–water partition coefficient (Wildman–Crippen LogP) is 2.00. The van der Waals surface area contributed by atoms with Gasteiger partial charge in [0.25, 0.3) is 5.91 Å². The molecule has 3 aliphatic heterocycles. The summed E-state index contributed by atoms with van der Waals surface area (Å²) in [6.45, 7) is -13.5. The SMILES string of the molecule is [2H]C1([2H])OC([2H])([2H])C([2H])([2H])N(Cc2ccc(COc3cccc4c3CN([C@H]3CCC(=O)NC3=O)C4=O)c(F)c2)C1([2H])[2H]. The zero-order valence-electron chi connectivity index (χ0n) is 25.9. The van der Waals surface area contributed by atoms with E-state index in [1.54, 1.807) is 18.2 Å². The number of rotatable bonds is 6. The summed E-state index contributed by atoms with van der Waals surface area (Å²) >= 11 is 0. The molecule has 3 heterocycles. The van der Waals surface area contributed by atoms with Crippen LogP contribution in [0.3, 0.4) is 0 Å². The Bertz CT molecular complexity index is 1450. The first-order chi connectivity index (χ1) is 19.5. The Morgan fingerprint density at radius 1 is 1.18 bits per heavy atom. The lowest BCUT2D eigenvalue weighted by Crippen LogP contribution is -2.52. The first kappa shape index (κ1) is 14.9. The minimum atomic E-state index is -3.21. The first-order valence-electron chi connectivity index (χ1n) is 14.6. The lowest BCUT2D eigenvalue weighted by molar-refractivity contribution is -0.136. The Hall–Kier alpha value is -3.30. The van der Waals surface area contributed by atoms with Crippen LogP contribution in [0.2, 0.25) is 0 Å². The molecule has 0 aromatic heterocycles. The Kier molecular flexibility index (Phi) is 4.16. The molecule has 1 N–H and O–H groups in total. The van der Waals surface area contributed by atoms with Crippen LogP contribution in [0.4, 0.5) is 4.39 Å². The van der Waals surface area contributed by atoms with Gasteiger partial charge in [-0.2, -0.15) is 0 Å². The van der Waals surface area contributed by atoms with Crippen LogP contribution >= 0.6 is 0 Å². The second kappa shape index (κ2) is 9.52. The third kappa shape index (κ3) is 4.53. The summed E-state index contributed by atoms with van der Waals surface area (Å²) in [5.74, 6) is -1.85. The maximum Gasteiger partial charge on any atom is 0.255 e. The standard InChI is InChI=1S/C25H26FN3O5/c26-20-12-16(13-28-8-10-33-11-9-28)4-5-17(20)15-34-22-3-1-2-18-19(22)14-29(25(18)32)21-6-7-23(30)27-24(21)31/h1-5,12,21H,6-11,13-15H2,(H,27,30,31)/t21-/m0/s1/i8D2,9D2,10D2,11D2. The van der Waals surface area contributed by atoms with Gasteiger partial charge in [0.2, 0.25) is 11.8 Å². The molecule has 2 fully saturated rings. The molecular weight excluding hydrogens is 441 g/mol. The highest BCUT2D eigenvalue weighted by Crippen LogP contribution is 2.34. The third-order valence-electron chi connectivity index (χ3n) is 5.84. The molecular formula is C25H26FN3O5. The topological polar surface area (TPSA) is 88.2 Å². The number of carbonyl (C=O) groups is 3. The van der Waals surface area contributed by atoms with Crippen LogP contribution in [0.1, 0.15) is 50.9 Å². The van der Waals surface area contributed by atoms with E-state index in [1.807, 2.05) is 0 Å². The van der Waals surface area contributed by atoms with Crippen molar-refractivity contribution in [3.8, 4) is 5.75 Å². The number of nitrogens with one attached hydrogen (secondary N) is 1. The van der Waals surface area contributed by atoms with Gasteiger partial charge in [0.15, 0.2) is 0 Å². The molecule has 1 atom stereocenters. The van der Waals surface area contributed by atoms with Crippen molar-refractivity contribution in [3.05, 3.63) is 64.5 Å². The fraction of sp³-hybridized carbons (Fsp3) is 0.400. The van der Waals surface area contributed by atoms with Gasteiger partial charge >= 0.3 is 0 Å². The molecule has 3 amide bonds. The lowest BCUT2D eigenvalue weighted by atomic mass is 10.0. The van der Waals surface area contributed by atoms with E-state index in [1.165, 1.54) is 17.0 Å². The molecule has 178 valence electrons. The molecule has 2 saturated heterocycles. The number of ether oxygens (including phenoxy) is 2. The van der Waals surface area contributed by atoms with Crippen molar-refractivity contribution >= 4 is 17.7 Å². The summed E-state index contributed by atoms with van der Waals surface area (Å²) in [5.41, 5.74) is 0.941.